The Morgan fingerprint density at radius 3 is 2.28 bits per heavy atom. The molecule has 5 N–H and O–H groups in total. The number of carboxylic acid groups (broad SMARTS) is 1. The van der Waals surface area contributed by atoms with Crippen LogP contribution >= 0.6 is 0 Å². The Morgan fingerprint density at radius 1 is 0.812 bits per heavy atom. The number of nitrogens with two attached hydrogens (primary N) is 1. The molecule has 0 saturated carbocycles. The van der Waals surface area contributed by atoms with Crippen molar-refractivity contribution in [2.24, 2.45) is 0 Å². The highest BCUT2D eigenvalue weighted by atomic mass is 16.5. The van der Waals surface area contributed by atoms with Crippen LogP contribution in [0.15, 0.2) is 78.9 Å². The molecule has 5 rings (SSSR count). The van der Waals surface area contributed by atoms with Gasteiger partial charge in [-0.3, -0.25) is 0 Å². The van der Waals surface area contributed by atoms with Crippen molar-refractivity contribution in [1.82, 2.24) is 0 Å². The molecule has 1 aliphatic rings. The normalized spacial score (nSPS) is 14.2. The lowest BCUT2D eigenvalue weighted by Crippen LogP contribution is -2.16. The summed E-state index contributed by atoms with van der Waals surface area (Å²) in [6.07, 6.45) is 0. The highest BCUT2D eigenvalue weighted by molar-refractivity contribution is 5.91. The number of anilines is 1. The van der Waals surface area contributed by atoms with Crippen LogP contribution in [0, 0.1) is 0 Å². The van der Waals surface area contributed by atoms with E-state index in [9.17, 15) is 20.1 Å². The van der Waals surface area contributed by atoms with Crippen LogP contribution in [0.1, 0.15) is 33.0 Å². The van der Waals surface area contributed by atoms with Crippen LogP contribution < -0.4 is 10.5 Å². The van der Waals surface area contributed by atoms with E-state index < -0.39 is 11.9 Å². The Morgan fingerprint density at radius 2 is 1.53 bits per heavy atom. The Balaban J connectivity index is 1.85. The van der Waals surface area contributed by atoms with Crippen LogP contribution in [0.5, 0.6) is 23.0 Å². The smallest absolute Gasteiger partial charge is 0.335 e. The number of carboxylic acids is 1. The second-order valence-electron chi connectivity index (χ2n) is 7.68. The van der Waals surface area contributed by atoms with Crippen molar-refractivity contribution < 1.29 is 24.9 Å². The van der Waals surface area contributed by atoms with E-state index >= 15 is 0 Å². The molecule has 158 valence electrons. The minimum Gasteiger partial charge on any atom is -0.508 e. The number of carbonyl (C=O) groups is 1. The quantitative estimate of drug-likeness (QED) is 0.291. The van der Waals surface area contributed by atoms with Crippen LogP contribution in [0.25, 0.3) is 11.1 Å². The standard InChI is InChI=1S/C26H19NO5/c27-15-7-5-14(6-8-15)21-11-17(29)13-23-25(21)24(18-3-1-2-4-19(18)26(30)31)20-10-9-16(28)12-22(20)32-23/h1-13,24,28-29H,27H2,(H,30,31). The molecule has 0 amide bonds. The first-order valence-electron chi connectivity index (χ1n) is 9.98. The van der Waals surface area contributed by atoms with E-state index in [0.717, 1.165) is 11.1 Å². The monoisotopic (exact) mass is 425 g/mol. The van der Waals surface area contributed by atoms with E-state index in [-0.39, 0.29) is 17.1 Å². The Bertz CT molecular complexity index is 1360. The number of phenols is 2. The summed E-state index contributed by atoms with van der Waals surface area (Å²) in [6.45, 7) is 0. The van der Waals surface area contributed by atoms with Crippen LogP contribution in [0.3, 0.4) is 0 Å². The van der Waals surface area contributed by atoms with Crippen LogP contribution in [-0.2, 0) is 0 Å². The summed E-state index contributed by atoms with van der Waals surface area (Å²) < 4.78 is 6.08. The largest absolute Gasteiger partial charge is 0.508 e. The lowest BCUT2D eigenvalue weighted by Gasteiger charge is -2.31. The molecule has 0 spiro atoms. The molecular weight excluding hydrogens is 406 g/mol. The van der Waals surface area contributed by atoms with Crippen molar-refractivity contribution in [3.05, 3.63) is 101 Å². The molecule has 32 heavy (non-hydrogen) atoms. The molecular formula is C26H19NO5. The molecule has 0 aliphatic carbocycles. The molecule has 1 aliphatic heterocycles. The zero-order chi connectivity index (χ0) is 22.4. The van der Waals surface area contributed by atoms with Gasteiger partial charge in [0.1, 0.15) is 23.0 Å². The maximum Gasteiger partial charge on any atom is 0.335 e. The van der Waals surface area contributed by atoms with E-state index in [1.165, 1.54) is 12.1 Å². The van der Waals surface area contributed by atoms with Gasteiger partial charge in [0.05, 0.1) is 5.56 Å². The third kappa shape index (κ3) is 3.18. The number of benzene rings is 4. The first kappa shape index (κ1) is 19.5. The Kier molecular flexibility index (Phi) is 4.48. The minimum absolute atomic E-state index is 0.00412. The highest BCUT2D eigenvalue weighted by Crippen LogP contribution is 2.53. The maximum atomic E-state index is 12.1. The third-order valence-electron chi connectivity index (χ3n) is 5.67. The molecule has 4 aromatic carbocycles. The van der Waals surface area contributed by atoms with Gasteiger partial charge in [-0.25, -0.2) is 4.79 Å². The third-order valence-corrected chi connectivity index (χ3v) is 5.67. The number of fused-ring (bicyclic) bond motifs is 2. The molecule has 4 aromatic rings. The number of rotatable bonds is 3. The molecule has 1 atom stereocenters. The van der Waals surface area contributed by atoms with E-state index in [0.29, 0.717) is 33.9 Å². The van der Waals surface area contributed by atoms with Gasteiger partial charge in [-0.2, -0.15) is 0 Å². The van der Waals surface area contributed by atoms with Gasteiger partial charge in [-0.15, -0.1) is 0 Å². The lowest BCUT2D eigenvalue weighted by atomic mass is 9.77. The molecule has 0 fully saturated rings. The summed E-state index contributed by atoms with van der Waals surface area (Å²) in [5.41, 5.74) is 10.1. The molecule has 0 radical (unpaired) electrons. The van der Waals surface area contributed by atoms with Gasteiger partial charge in [0.2, 0.25) is 0 Å². The van der Waals surface area contributed by atoms with Crippen molar-refractivity contribution in [3.63, 3.8) is 0 Å². The fourth-order valence-corrected chi connectivity index (χ4v) is 4.29. The minimum atomic E-state index is -1.04. The molecule has 1 heterocycles. The zero-order valence-electron chi connectivity index (χ0n) is 16.8. The van der Waals surface area contributed by atoms with E-state index in [1.807, 2.05) is 12.1 Å². The SMILES string of the molecule is Nc1ccc(-c2cc(O)cc3c2C(c2ccccc2C(=O)O)c2ccc(O)cc2O3)cc1. The van der Waals surface area contributed by atoms with Crippen molar-refractivity contribution in [2.75, 3.05) is 5.73 Å². The Hall–Kier alpha value is -4.45. The van der Waals surface area contributed by atoms with Crippen molar-refractivity contribution >= 4 is 11.7 Å². The number of nitrogen functional groups attached to an aromatic ring is 1. The summed E-state index contributed by atoms with van der Waals surface area (Å²) >= 11 is 0. The number of phenolic OH excluding ortho intramolecular Hbond substituents is 2. The summed E-state index contributed by atoms with van der Waals surface area (Å²) in [5, 5.41) is 30.3. The number of ether oxygens (including phenoxy) is 1. The Labute approximate surface area is 183 Å². The highest BCUT2D eigenvalue weighted by Gasteiger charge is 2.34. The number of hydrogen-bond acceptors (Lipinski definition) is 5. The fraction of sp³-hybridized carbons (Fsp3) is 0.0385. The van der Waals surface area contributed by atoms with Gasteiger partial charge < -0.3 is 25.8 Å². The van der Waals surface area contributed by atoms with Crippen molar-refractivity contribution in [3.8, 4) is 34.1 Å². The van der Waals surface area contributed by atoms with E-state index in [1.54, 1.807) is 54.6 Å². The van der Waals surface area contributed by atoms with Gasteiger partial charge >= 0.3 is 5.97 Å². The van der Waals surface area contributed by atoms with Crippen molar-refractivity contribution in [1.29, 1.82) is 0 Å². The van der Waals surface area contributed by atoms with Crippen LogP contribution in [0.4, 0.5) is 5.69 Å². The molecule has 0 aromatic heterocycles. The summed E-state index contributed by atoms with van der Waals surface area (Å²) in [6, 6.07) is 21.9. The number of aromatic hydroxyl groups is 2. The summed E-state index contributed by atoms with van der Waals surface area (Å²) in [7, 11) is 0. The average Bonchev–Trinajstić information content (AvgIpc) is 2.77. The van der Waals surface area contributed by atoms with Crippen LogP contribution in [0.2, 0.25) is 0 Å². The van der Waals surface area contributed by atoms with Gasteiger partial charge in [0.25, 0.3) is 0 Å². The second-order valence-corrected chi connectivity index (χ2v) is 7.68. The molecule has 0 saturated heterocycles. The fourth-order valence-electron chi connectivity index (χ4n) is 4.29. The van der Waals surface area contributed by atoms with Gasteiger partial charge in [0.15, 0.2) is 0 Å². The van der Waals surface area contributed by atoms with Gasteiger partial charge in [-0.05, 0) is 47.0 Å². The maximum absolute atomic E-state index is 12.1. The molecule has 6 heteroatoms. The lowest BCUT2D eigenvalue weighted by molar-refractivity contribution is 0.0695. The predicted molar refractivity (Wildman–Crippen MR) is 120 cm³/mol. The van der Waals surface area contributed by atoms with Gasteiger partial charge in [-0.1, -0.05) is 36.4 Å². The van der Waals surface area contributed by atoms with Gasteiger partial charge in [0, 0.05) is 34.9 Å². The van der Waals surface area contributed by atoms with E-state index in [4.69, 9.17) is 10.5 Å². The number of hydrogen-bond donors (Lipinski definition) is 4. The first-order valence-corrected chi connectivity index (χ1v) is 9.98. The second kappa shape index (κ2) is 7.35. The van der Waals surface area contributed by atoms with E-state index in [2.05, 4.69) is 0 Å². The average molecular weight is 425 g/mol. The first-order chi connectivity index (χ1) is 15.4. The zero-order valence-corrected chi connectivity index (χ0v) is 16.8. The predicted octanol–water partition coefficient (Wildman–Crippen LogP) is 5.33. The molecule has 0 bridgehead atoms. The summed E-state index contributed by atoms with van der Waals surface area (Å²) in [4.78, 5) is 12.1. The molecule has 1 unspecified atom stereocenters. The van der Waals surface area contributed by atoms with Crippen molar-refractivity contribution in [2.45, 2.75) is 5.92 Å². The molecule has 6 nitrogen and oxygen atoms in total. The number of aromatic carboxylic acids is 1. The summed E-state index contributed by atoms with van der Waals surface area (Å²) in [5.74, 6) is -0.728. The topological polar surface area (TPSA) is 113 Å². The van der Waals surface area contributed by atoms with Crippen LogP contribution in [-0.4, -0.2) is 21.3 Å².